The number of hydrazine groups is 1. The average Bonchev–Trinajstić information content (AvgIpc) is 2.32. The topological polar surface area (TPSA) is 43.8 Å². The van der Waals surface area contributed by atoms with Crippen LogP contribution in [0.5, 0.6) is 0 Å². The molecule has 1 N–H and O–H groups in total. The van der Waals surface area contributed by atoms with E-state index in [1.807, 2.05) is 5.01 Å². The molecule has 0 aromatic heterocycles. The Morgan fingerprint density at radius 3 is 2.54 bits per heavy atom. The van der Waals surface area contributed by atoms with Crippen molar-refractivity contribution in [1.82, 2.24) is 10.0 Å². The summed E-state index contributed by atoms with van der Waals surface area (Å²) in [6.45, 7) is 7.40. The molecule has 0 atom stereocenters. The van der Waals surface area contributed by atoms with E-state index in [2.05, 4.69) is 20.8 Å². The van der Waals surface area contributed by atoms with Crippen LogP contribution in [0.25, 0.3) is 0 Å². The van der Waals surface area contributed by atoms with Crippen LogP contribution >= 0.6 is 0 Å². The maximum atomic E-state index is 11.4. The minimum Gasteiger partial charge on any atom is -0.394 e. The quantitative estimate of drug-likeness (QED) is 0.671. The van der Waals surface area contributed by atoms with Crippen molar-refractivity contribution in [2.45, 2.75) is 32.7 Å². The predicted octanol–water partition coefficient (Wildman–Crippen LogP) is 0.226. The zero-order valence-electron chi connectivity index (χ0n) is 8.58. The molecule has 0 aromatic rings. The van der Waals surface area contributed by atoms with E-state index in [1.165, 1.54) is 0 Å². The molecule has 0 aliphatic carbocycles. The average molecular weight is 186 g/mol. The van der Waals surface area contributed by atoms with Crippen LogP contribution in [-0.2, 0) is 4.79 Å². The van der Waals surface area contributed by atoms with Crippen LogP contribution < -0.4 is 0 Å². The molecule has 1 rings (SSSR count). The van der Waals surface area contributed by atoms with Crippen molar-refractivity contribution in [2.75, 3.05) is 19.7 Å². The van der Waals surface area contributed by atoms with Crippen molar-refractivity contribution in [2.24, 2.45) is 0 Å². The zero-order chi connectivity index (χ0) is 10.1. The zero-order valence-corrected chi connectivity index (χ0v) is 8.58. The summed E-state index contributed by atoms with van der Waals surface area (Å²) in [5, 5.41) is 12.5. The summed E-state index contributed by atoms with van der Waals surface area (Å²) >= 11 is 0. The smallest absolute Gasteiger partial charge is 0.238 e. The van der Waals surface area contributed by atoms with Crippen LogP contribution in [0.15, 0.2) is 0 Å². The highest BCUT2D eigenvalue weighted by atomic mass is 16.3. The summed E-state index contributed by atoms with van der Waals surface area (Å²) in [4.78, 5) is 11.4. The van der Waals surface area contributed by atoms with E-state index in [4.69, 9.17) is 5.11 Å². The van der Waals surface area contributed by atoms with Gasteiger partial charge in [-0.05, 0) is 20.8 Å². The number of aliphatic hydroxyl groups excluding tert-OH is 1. The Morgan fingerprint density at radius 2 is 2.08 bits per heavy atom. The molecule has 4 nitrogen and oxygen atoms in total. The van der Waals surface area contributed by atoms with Crippen LogP contribution in [-0.4, -0.2) is 46.3 Å². The van der Waals surface area contributed by atoms with Crippen LogP contribution in [0.3, 0.4) is 0 Å². The predicted molar refractivity (Wildman–Crippen MR) is 49.9 cm³/mol. The molecule has 0 saturated carbocycles. The van der Waals surface area contributed by atoms with Gasteiger partial charge in [0, 0.05) is 18.5 Å². The van der Waals surface area contributed by atoms with Gasteiger partial charge in [-0.1, -0.05) is 0 Å². The van der Waals surface area contributed by atoms with Gasteiger partial charge in [-0.25, -0.2) is 5.01 Å². The second-order valence-corrected chi connectivity index (χ2v) is 4.28. The fourth-order valence-electron chi connectivity index (χ4n) is 1.62. The molecule has 1 heterocycles. The van der Waals surface area contributed by atoms with Gasteiger partial charge in [0.15, 0.2) is 0 Å². The van der Waals surface area contributed by atoms with E-state index in [0.29, 0.717) is 13.0 Å². The van der Waals surface area contributed by atoms with Gasteiger partial charge in [-0.2, -0.15) is 0 Å². The van der Waals surface area contributed by atoms with Crippen molar-refractivity contribution in [3.8, 4) is 0 Å². The minimum absolute atomic E-state index is 0.0261. The summed E-state index contributed by atoms with van der Waals surface area (Å²) in [5.41, 5.74) is -0.0403. The third kappa shape index (κ3) is 2.19. The summed E-state index contributed by atoms with van der Waals surface area (Å²) < 4.78 is 0. The third-order valence-electron chi connectivity index (χ3n) is 2.20. The van der Waals surface area contributed by atoms with Crippen molar-refractivity contribution < 1.29 is 9.90 Å². The molecular formula is C9H18N2O2. The van der Waals surface area contributed by atoms with Gasteiger partial charge < -0.3 is 5.11 Å². The fourth-order valence-corrected chi connectivity index (χ4v) is 1.62. The fraction of sp³-hybridized carbons (Fsp3) is 0.889. The molecule has 13 heavy (non-hydrogen) atoms. The summed E-state index contributed by atoms with van der Waals surface area (Å²) in [7, 11) is 0. The van der Waals surface area contributed by atoms with E-state index < -0.39 is 0 Å². The SMILES string of the molecule is CC(C)(C)N1CCC(=O)N1CCO. The Kier molecular flexibility index (Phi) is 2.93. The van der Waals surface area contributed by atoms with Crippen molar-refractivity contribution in [1.29, 1.82) is 0 Å². The Morgan fingerprint density at radius 1 is 1.46 bits per heavy atom. The Balaban J connectivity index is 2.69. The van der Waals surface area contributed by atoms with E-state index >= 15 is 0 Å². The Labute approximate surface area is 79.1 Å². The largest absolute Gasteiger partial charge is 0.394 e. The number of rotatable bonds is 2. The number of hydrogen-bond acceptors (Lipinski definition) is 3. The number of hydrogen-bond donors (Lipinski definition) is 1. The third-order valence-corrected chi connectivity index (χ3v) is 2.20. The molecule has 1 aliphatic heterocycles. The molecule has 0 aromatic carbocycles. The highest BCUT2D eigenvalue weighted by molar-refractivity contribution is 5.77. The molecular weight excluding hydrogens is 168 g/mol. The molecule has 1 aliphatic rings. The highest BCUT2D eigenvalue weighted by Gasteiger charge is 2.35. The number of aliphatic hydroxyl groups is 1. The molecule has 1 saturated heterocycles. The number of amides is 1. The molecule has 4 heteroatoms. The molecule has 0 radical (unpaired) electrons. The van der Waals surface area contributed by atoms with Gasteiger partial charge in [0.1, 0.15) is 0 Å². The van der Waals surface area contributed by atoms with Gasteiger partial charge in [0.05, 0.1) is 13.2 Å². The van der Waals surface area contributed by atoms with Gasteiger partial charge in [-0.15, -0.1) is 0 Å². The van der Waals surface area contributed by atoms with E-state index in [0.717, 1.165) is 6.54 Å². The summed E-state index contributed by atoms with van der Waals surface area (Å²) in [6, 6.07) is 0. The molecule has 0 spiro atoms. The lowest BCUT2D eigenvalue weighted by atomic mass is 10.1. The van der Waals surface area contributed by atoms with Crippen LogP contribution in [0.1, 0.15) is 27.2 Å². The lowest BCUT2D eigenvalue weighted by Crippen LogP contribution is -2.50. The lowest BCUT2D eigenvalue weighted by Gasteiger charge is -2.38. The number of β-amino-alcohol motifs (C(OH)–C–C–N with tert-alkyl or cyclic N) is 1. The summed E-state index contributed by atoms with van der Waals surface area (Å²) in [5.74, 6) is 0.115. The highest BCUT2D eigenvalue weighted by Crippen LogP contribution is 2.22. The van der Waals surface area contributed by atoms with Crippen LogP contribution in [0, 0.1) is 0 Å². The number of carbonyl (C=O) groups excluding carboxylic acids is 1. The minimum atomic E-state index is -0.0403. The van der Waals surface area contributed by atoms with Crippen molar-refractivity contribution in [3.05, 3.63) is 0 Å². The Bertz CT molecular complexity index is 198. The monoisotopic (exact) mass is 186 g/mol. The Hall–Kier alpha value is -0.610. The number of nitrogens with zero attached hydrogens (tertiary/aromatic N) is 2. The lowest BCUT2D eigenvalue weighted by molar-refractivity contribution is -0.145. The number of carbonyl (C=O) groups is 1. The normalized spacial score (nSPS) is 20.0. The van der Waals surface area contributed by atoms with Gasteiger partial charge in [0.2, 0.25) is 5.91 Å². The first kappa shape index (κ1) is 10.5. The standard InChI is InChI=1S/C9H18N2O2/c1-9(2,3)11-5-4-8(13)10(11)6-7-12/h12H,4-7H2,1-3H3. The van der Waals surface area contributed by atoms with E-state index in [9.17, 15) is 4.79 Å². The van der Waals surface area contributed by atoms with E-state index in [-0.39, 0.29) is 18.1 Å². The van der Waals surface area contributed by atoms with Gasteiger partial charge in [-0.3, -0.25) is 9.80 Å². The first-order valence-corrected chi connectivity index (χ1v) is 4.65. The van der Waals surface area contributed by atoms with Crippen LogP contribution in [0.2, 0.25) is 0 Å². The maximum Gasteiger partial charge on any atom is 0.238 e. The maximum absolute atomic E-state index is 11.4. The molecule has 0 bridgehead atoms. The van der Waals surface area contributed by atoms with Gasteiger partial charge >= 0.3 is 0 Å². The first-order valence-electron chi connectivity index (χ1n) is 4.65. The van der Waals surface area contributed by atoms with Crippen LogP contribution in [0.4, 0.5) is 0 Å². The van der Waals surface area contributed by atoms with Crippen molar-refractivity contribution in [3.63, 3.8) is 0 Å². The van der Waals surface area contributed by atoms with Gasteiger partial charge in [0.25, 0.3) is 0 Å². The van der Waals surface area contributed by atoms with E-state index in [1.54, 1.807) is 5.01 Å². The second-order valence-electron chi connectivity index (χ2n) is 4.28. The first-order chi connectivity index (χ1) is 5.96. The molecule has 1 fully saturated rings. The second kappa shape index (κ2) is 3.64. The van der Waals surface area contributed by atoms with Crippen molar-refractivity contribution >= 4 is 5.91 Å². The molecule has 76 valence electrons. The molecule has 0 unspecified atom stereocenters. The summed E-state index contributed by atoms with van der Waals surface area (Å²) in [6.07, 6.45) is 0.567. The molecule has 1 amide bonds.